The zero-order chi connectivity index (χ0) is 26.3. The fourth-order valence-corrected chi connectivity index (χ4v) is 5.51. The average Bonchev–Trinajstić information content (AvgIpc) is 3.10. The van der Waals surface area contributed by atoms with Crippen molar-refractivity contribution in [2.24, 2.45) is 5.92 Å². The van der Waals surface area contributed by atoms with Crippen LogP contribution in [-0.2, 0) is 10.0 Å². The summed E-state index contributed by atoms with van der Waals surface area (Å²) in [6.07, 6.45) is 2.22. The molecule has 9 nitrogen and oxygen atoms in total. The van der Waals surface area contributed by atoms with Gasteiger partial charge in [-0.2, -0.15) is 0 Å². The number of aryl methyl sites for hydroxylation is 1. The molecule has 1 fully saturated rings. The van der Waals surface area contributed by atoms with Gasteiger partial charge in [0.1, 0.15) is 11.6 Å². The molecule has 2 N–H and O–H groups in total. The van der Waals surface area contributed by atoms with Crippen LogP contribution in [0.4, 0.5) is 5.82 Å². The molecule has 1 aliphatic rings. The highest BCUT2D eigenvalue weighted by atomic mass is 32.2. The number of methoxy groups -OCH3 is 1. The molecule has 0 aliphatic carbocycles. The van der Waals surface area contributed by atoms with E-state index in [1.54, 1.807) is 19.2 Å². The van der Waals surface area contributed by atoms with E-state index in [-0.39, 0.29) is 11.1 Å². The van der Waals surface area contributed by atoms with Crippen molar-refractivity contribution in [3.05, 3.63) is 70.1 Å². The molecule has 1 aromatic carbocycles. The Morgan fingerprint density at radius 2 is 1.97 bits per heavy atom. The molecular formula is C26H30N4O5S. The van der Waals surface area contributed by atoms with Gasteiger partial charge in [-0.3, -0.25) is 9.59 Å². The summed E-state index contributed by atoms with van der Waals surface area (Å²) in [6.45, 7) is 8.91. The average molecular weight is 511 g/mol. The van der Waals surface area contributed by atoms with Crippen LogP contribution in [0.1, 0.15) is 43.1 Å². The molecule has 3 heterocycles. The fraction of sp³-hybridized carbons (Fsp3) is 0.346. The Labute approximate surface area is 210 Å². The van der Waals surface area contributed by atoms with Crippen molar-refractivity contribution in [1.29, 1.82) is 0 Å². The van der Waals surface area contributed by atoms with Gasteiger partial charge in [0.05, 0.1) is 18.4 Å². The minimum absolute atomic E-state index is 0.113. The van der Waals surface area contributed by atoms with Crippen LogP contribution in [0.2, 0.25) is 0 Å². The Bertz CT molecular complexity index is 1480. The maximum Gasteiger partial charge on any atom is 0.269 e. The smallest absolute Gasteiger partial charge is 0.269 e. The lowest BCUT2D eigenvalue weighted by molar-refractivity contribution is 0.0981. The lowest BCUT2D eigenvalue weighted by Crippen LogP contribution is -2.44. The van der Waals surface area contributed by atoms with E-state index in [1.165, 1.54) is 12.3 Å². The van der Waals surface area contributed by atoms with Crippen molar-refractivity contribution in [1.82, 2.24) is 14.7 Å². The number of nitrogens with zero attached hydrogens (tertiary/aromatic N) is 2. The van der Waals surface area contributed by atoms with Crippen molar-refractivity contribution in [3.63, 3.8) is 0 Å². The number of carbonyl (C=O) groups is 1. The number of rotatable bonds is 6. The lowest BCUT2D eigenvalue weighted by Gasteiger charge is -2.36. The third-order valence-corrected chi connectivity index (χ3v) is 8.41. The summed E-state index contributed by atoms with van der Waals surface area (Å²) in [5.41, 5.74) is 1.42. The van der Waals surface area contributed by atoms with E-state index >= 15 is 0 Å². The number of H-pyrrole nitrogens is 1. The molecule has 3 aromatic rings. The van der Waals surface area contributed by atoms with Crippen LogP contribution in [-0.4, -0.2) is 43.5 Å². The Morgan fingerprint density at radius 1 is 1.22 bits per heavy atom. The number of hydrogen-bond acceptors (Lipinski definition) is 7. The van der Waals surface area contributed by atoms with Crippen LogP contribution in [0.3, 0.4) is 0 Å². The normalized spacial score (nSPS) is 17.1. The standard InChI is InChI=1S/C26H30N4O5S/c1-16-15-18(8-11-21(16)35-5)20-10-9-19(23(28-20)30-14-12-17(2)26(30,3)4)24(31)29-36(33,34)22-7-6-13-27-25(22)32/h6-11,13,15,17H,12,14H2,1-5H3,(H,27,32)(H,29,31). The summed E-state index contributed by atoms with van der Waals surface area (Å²) in [5, 5.41) is 0. The van der Waals surface area contributed by atoms with Gasteiger partial charge in [0.25, 0.3) is 21.5 Å². The predicted octanol–water partition coefficient (Wildman–Crippen LogP) is 3.50. The molecule has 1 unspecified atom stereocenters. The molecule has 190 valence electrons. The Hall–Kier alpha value is -3.66. The van der Waals surface area contributed by atoms with Crippen LogP contribution >= 0.6 is 0 Å². The van der Waals surface area contributed by atoms with Crippen molar-refractivity contribution >= 4 is 21.7 Å². The first kappa shape index (κ1) is 25.4. The third kappa shape index (κ3) is 4.60. The van der Waals surface area contributed by atoms with E-state index in [9.17, 15) is 18.0 Å². The predicted molar refractivity (Wildman–Crippen MR) is 138 cm³/mol. The molecule has 1 aliphatic heterocycles. The highest BCUT2D eigenvalue weighted by molar-refractivity contribution is 7.90. The largest absolute Gasteiger partial charge is 0.496 e. The number of aromatic amines is 1. The number of anilines is 1. The van der Waals surface area contributed by atoms with Crippen molar-refractivity contribution in [2.45, 2.75) is 44.6 Å². The first-order valence-corrected chi connectivity index (χ1v) is 13.1. The molecular weight excluding hydrogens is 480 g/mol. The Balaban J connectivity index is 1.79. The molecule has 4 rings (SSSR count). The van der Waals surface area contributed by atoms with E-state index in [4.69, 9.17) is 9.72 Å². The summed E-state index contributed by atoms with van der Waals surface area (Å²) in [7, 11) is -2.79. The topological polar surface area (TPSA) is 121 Å². The minimum Gasteiger partial charge on any atom is -0.496 e. The zero-order valence-electron chi connectivity index (χ0n) is 21.0. The van der Waals surface area contributed by atoms with Crippen LogP contribution in [0.25, 0.3) is 11.3 Å². The quantitative estimate of drug-likeness (QED) is 0.521. The number of pyridine rings is 2. The number of carbonyl (C=O) groups excluding carboxylic acids is 1. The molecule has 2 aromatic heterocycles. The van der Waals surface area contributed by atoms with Crippen LogP contribution in [0, 0.1) is 12.8 Å². The van der Waals surface area contributed by atoms with Gasteiger partial charge in [-0.1, -0.05) is 6.92 Å². The van der Waals surface area contributed by atoms with E-state index in [0.29, 0.717) is 24.0 Å². The van der Waals surface area contributed by atoms with Crippen molar-refractivity contribution in [2.75, 3.05) is 18.6 Å². The summed E-state index contributed by atoms with van der Waals surface area (Å²) < 4.78 is 33.1. The number of ether oxygens (including phenoxy) is 1. The van der Waals surface area contributed by atoms with E-state index in [1.807, 2.05) is 29.8 Å². The van der Waals surface area contributed by atoms with Crippen molar-refractivity contribution < 1.29 is 17.9 Å². The van der Waals surface area contributed by atoms with Gasteiger partial charge in [0.15, 0.2) is 4.90 Å². The first-order chi connectivity index (χ1) is 17.0. The molecule has 1 atom stereocenters. The van der Waals surface area contributed by atoms with Gasteiger partial charge in [0.2, 0.25) is 0 Å². The molecule has 10 heteroatoms. The molecule has 36 heavy (non-hydrogen) atoms. The van der Waals surface area contributed by atoms with Crippen LogP contribution in [0.15, 0.2) is 58.4 Å². The maximum absolute atomic E-state index is 13.3. The summed E-state index contributed by atoms with van der Waals surface area (Å²) in [5.74, 6) is 0.623. The molecule has 1 amide bonds. The van der Waals surface area contributed by atoms with E-state index < -0.39 is 26.4 Å². The first-order valence-electron chi connectivity index (χ1n) is 11.6. The zero-order valence-corrected chi connectivity index (χ0v) is 21.8. The van der Waals surface area contributed by atoms with Gasteiger partial charge in [-0.05, 0) is 81.1 Å². The second-order valence-corrected chi connectivity index (χ2v) is 11.2. The molecule has 0 spiro atoms. The van der Waals surface area contributed by atoms with E-state index in [2.05, 4.69) is 30.7 Å². The Morgan fingerprint density at radius 3 is 2.58 bits per heavy atom. The van der Waals surface area contributed by atoms with E-state index in [0.717, 1.165) is 29.4 Å². The number of hydrogen-bond donors (Lipinski definition) is 2. The second-order valence-electron chi connectivity index (χ2n) is 9.55. The number of nitrogens with one attached hydrogen (secondary N) is 2. The van der Waals surface area contributed by atoms with Crippen LogP contribution in [0.5, 0.6) is 5.75 Å². The van der Waals surface area contributed by atoms with Gasteiger partial charge in [-0.15, -0.1) is 0 Å². The number of sulfonamides is 1. The Kier molecular flexibility index (Phi) is 6.66. The van der Waals surface area contributed by atoms with Crippen molar-refractivity contribution in [3.8, 4) is 17.0 Å². The minimum atomic E-state index is -4.40. The second kappa shape index (κ2) is 9.42. The molecule has 0 saturated carbocycles. The summed E-state index contributed by atoms with van der Waals surface area (Å²) >= 11 is 0. The number of amides is 1. The van der Waals surface area contributed by atoms with Gasteiger partial charge >= 0.3 is 0 Å². The van der Waals surface area contributed by atoms with Gasteiger partial charge in [0, 0.05) is 23.8 Å². The van der Waals surface area contributed by atoms with Crippen LogP contribution < -0.4 is 19.9 Å². The lowest BCUT2D eigenvalue weighted by atomic mass is 9.90. The molecule has 0 bridgehead atoms. The van der Waals surface area contributed by atoms with Gasteiger partial charge < -0.3 is 14.6 Å². The molecule has 0 radical (unpaired) electrons. The molecule has 1 saturated heterocycles. The number of benzene rings is 1. The highest BCUT2D eigenvalue weighted by Gasteiger charge is 2.41. The summed E-state index contributed by atoms with van der Waals surface area (Å²) in [4.78, 5) is 34.0. The van der Waals surface area contributed by atoms with Gasteiger partial charge in [-0.25, -0.2) is 18.1 Å². The monoisotopic (exact) mass is 510 g/mol. The third-order valence-electron chi connectivity index (χ3n) is 7.05. The number of aromatic nitrogens is 2. The highest BCUT2D eigenvalue weighted by Crippen LogP contribution is 2.39. The maximum atomic E-state index is 13.3. The fourth-order valence-electron chi connectivity index (χ4n) is 4.49. The SMILES string of the molecule is COc1ccc(-c2ccc(C(=O)NS(=O)(=O)c3ccc[nH]c3=O)c(N3CCC(C)C3(C)C)n2)cc1C. The summed E-state index contributed by atoms with van der Waals surface area (Å²) in [6, 6.07) is 11.5.